The van der Waals surface area contributed by atoms with E-state index in [1.165, 1.54) is 0 Å². The van der Waals surface area contributed by atoms with Gasteiger partial charge in [0, 0.05) is 41.7 Å². The Bertz CT molecular complexity index is 1240. The van der Waals surface area contributed by atoms with Crippen LogP contribution in [0.25, 0.3) is 11.3 Å². The second-order valence-electron chi connectivity index (χ2n) is 6.50. The zero-order valence-electron chi connectivity index (χ0n) is 21.4. The SMILES string of the molecule is Cl.O.[2H]C1([2H])COCC([2H])([2H])N1c1ccc(Nc2nccc(-c3ccc(C(=O)NCC#N)cc3)n2)cc1. The molecule has 1 fully saturated rings. The van der Waals surface area contributed by atoms with E-state index in [1.807, 2.05) is 6.07 Å². The van der Waals surface area contributed by atoms with Gasteiger partial charge in [-0.15, -0.1) is 12.4 Å². The van der Waals surface area contributed by atoms with Gasteiger partial charge in [-0.1, -0.05) is 12.1 Å². The number of amides is 1. The molecule has 3 aromatic rings. The van der Waals surface area contributed by atoms with Crippen LogP contribution in [0.5, 0.6) is 0 Å². The Morgan fingerprint density at radius 3 is 2.48 bits per heavy atom. The molecule has 33 heavy (non-hydrogen) atoms. The lowest BCUT2D eigenvalue weighted by Crippen LogP contribution is -2.36. The van der Waals surface area contributed by atoms with Gasteiger partial charge in [0.25, 0.3) is 5.91 Å². The highest BCUT2D eigenvalue weighted by Crippen LogP contribution is 2.23. The third-order valence-corrected chi connectivity index (χ3v) is 4.46. The van der Waals surface area contributed by atoms with Crippen LogP contribution in [0.15, 0.2) is 60.8 Å². The largest absolute Gasteiger partial charge is 0.412 e. The minimum atomic E-state index is -1.99. The first-order chi connectivity index (χ1) is 16.7. The number of carbonyl (C=O) groups is 1. The van der Waals surface area contributed by atoms with E-state index in [-0.39, 0.29) is 43.5 Å². The van der Waals surface area contributed by atoms with Gasteiger partial charge in [-0.05, 0) is 42.5 Å². The summed E-state index contributed by atoms with van der Waals surface area (Å²) in [5.74, 6) is 0.00735. The van der Waals surface area contributed by atoms with E-state index in [0.29, 0.717) is 28.6 Å². The molecule has 0 atom stereocenters. The van der Waals surface area contributed by atoms with Crippen molar-refractivity contribution in [1.82, 2.24) is 15.3 Å². The van der Waals surface area contributed by atoms with Gasteiger partial charge >= 0.3 is 0 Å². The van der Waals surface area contributed by atoms with Crippen LogP contribution in [-0.4, -0.2) is 54.1 Å². The molecule has 2 heterocycles. The number of morpholine rings is 1. The molecule has 1 aliphatic rings. The summed E-state index contributed by atoms with van der Waals surface area (Å²) in [6, 6.07) is 17.1. The van der Waals surface area contributed by atoms with Crippen LogP contribution in [0, 0.1) is 11.3 Å². The van der Waals surface area contributed by atoms with Crippen molar-refractivity contribution in [1.29, 1.82) is 5.26 Å². The van der Waals surface area contributed by atoms with E-state index in [9.17, 15) is 4.79 Å². The van der Waals surface area contributed by atoms with Crippen molar-refractivity contribution in [3.8, 4) is 17.3 Å². The summed E-state index contributed by atoms with van der Waals surface area (Å²) in [7, 11) is 0. The van der Waals surface area contributed by atoms with Gasteiger partial charge in [-0.2, -0.15) is 5.26 Å². The first kappa shape index (κ1) is 19.9. The average Bonchev–Trinajstić information content (AvgIpc) is 2.83. The highest BCUT2D eigenvalue weighted by atomic mass is 35.5. The van der Waals surface area contributed by atoms with Crippen LogP contribution in [-0.2, 0) is 4.74 Å². The van der Waals surface area contributed by atoms with Crippen molar-refractivity contribution in [2.45, 2.75) is 0 Å². The van der Waals surface area contributed by atoms with Crippen LogP contribution in [0.1, 0.15) is 15.8 Å². The minimum Gasteiger partial charge on any atom is -0.412 e. The maximum atomic E-state index is 12.0. The molecule has 1 aromatic heterocycles. The molecule has 10 heteroatoms. The van der Waals surface area contributed by atoms with Crippen molar-refractivity contribution in [2.24, 2.45) is 0 Å². The fourth-order valence-electron chi connectivity index (χ4n) is 2.93. The number of anilines is 3. The molecule has 1 aliphatic heterocycles. The number of halogens is 1. The normalized spacial score (nSPS) is 17.4. The zero-order chi connectivity index (χ0) is 25.1. The maximum absolute atomic E-state index is 12.0. The Labute approximate surface area is 203 Å². The summed E-state index contributed by atoms with van der Waals surface area (Å²) in [6.45, 7) is -4.48. The van der Waals surface area contributed by atoms with E-state index >= 15 is 0 Å². The monoisotopic (exact) mass is 472 g/mol. The molecule has 4 N–H and O–H groups in total. The van der Waals surface area contributed by atoms with E-state index in [0.717, 1.165) is 10.5 Å². The van der Waals surface area contributed by atoms with E-state index in [1.54, 1.807) is 60.8 Å². The van der Waals surface area contributed by atoms with Gasteiger partial charge in [0.2, 0.25) is 5.95 Å². The molecule has 0 unspecified atom stereocenters. The second kappa shape index (κ2) is 12.4. The van der Waals surface area contributed by atoms with Crippen molar-refractivity contribution < 1.29 is 20.5 Å². The summed E-state index contributed by atoms with van der Waals surface area (Å²) in [5.41, 5.74) is 2.88. The van der Waals surface area contributed by atoms with Crippen molar-refractivity contribution in [3.63, 3.8) is 0 Å². The Hall–Kier alpha value is -3.71. The Balaban J connectivity index is 0.00000241. The van der Waals surface area contributed by atoms with E-state index in [4.69, 9.17) is 15.5 Å². The van der Waals surface area contributed by atoms with Gasteiger partial charge in [0.15, 0.2) is 0 Å². The molecule has 0 spiro atoms. The lowest BCUT2D eigenvalue weighted by Gasteiger charge is -2.28. The maximum Gasteiger partial charge on any atom is 0.252 e. The first-order valence-corrected chi connectivity index (χ1v) is 9.53. The van der Waals surface area contributed by atoms with Crippen molar-refractivity contribution in [2.75, 3.05) is 43.0 Å². The van der Waals surface area contributed by atoms with Crippen LogP contribution >= 0.6 is 12.4 Å². The topological polar surface area (TPSA) is 135 Å². The molecule has 1 amide bonds. The highest BCUT2D eigenvalue weighted by molar-refractivity contribution is 5.94. The molecule has 0 saturated carbocycles. The summed E-state index contributed by atoms with van der Waals surface area (Å²) in [5, 5.41) is 14.2. The molecule has 4 rings (SSSR count). The van der Waals surface area contributed by atoms with Crippen molar-refractivity contribution >= 4 is 35.6 Å². The number of benzene rings is 2. The molecular formula is C23H25ClN6O3. The minimum absolute atomic E-state index is 0. The number of nitrogens with zero attached hydrogens (tertiary/aromatic N) is 4. The van der Waals surface area contributed by atoms with Gasteiger partial charge in [0.1, 0.15) is 6.54 Å². The zero-order valence-corrected chi connectivity index (χ0v) is 18.2. The van der Waals surface area contributed by atoms with E-state index < -0.39 is 13.0 Å². The Morgan fingerprint density at radius 1 is 1.12 bits per heavy atom. The average molecular weight is 473 g/mol. The number of nitrogens with one attached hydrogen (secondary N) is 2. The fraction of sp³-hybridized carbons (Fsp3) is 0.217. The molecular weight excluding hydrogens is 444 g/mol. The molecule has 0 aliphatic carbocycles. The number of ether oxygens (including phenoxy) is 1. The van der Waals surface area contributed by atoms with Crippen LogP contribution in [0.2, 0.25) is 0 Å². The molecule has 2 aromatic carbocycles. The first-order valence-electron chi connectivity index (χ1n) is 11.5. The number of carbonyl (C=O) groups excluding carboxylic acids is 1. The fourth-order valence-corrected chi connectivity index (χ4v) is 2.93. The number of rotatable bonds is 6. The predicted octanol–water partition coefficient (Wildman–Crippen LogP) is 2.57. The quantitative estimate of drug-likeness (QED) is 0.526. The molecule has 172 valence electrons. The van der Waals surface area contributed by atoms with Gasteiger partial charge in [-0.25, -0.2) is 9.97 Å². The van der Waals surface area contributed by atoms with Crippen LogP contribution in [0.3, 0.4) is 0 Å². The lowest BCUT2D eigenvalue weighted by atomic mass is 10.1. The number of nitriles is 1. The molecule has 9 nitrogen and oxygen atoms in total. The lowest BCUT2D eigenvalue weighted by molar-refractivity contribution is 0.0958. The predicted molar refractivity (Wildman–Crippen MR) is 129 cm³/mol. The molecule has 1 saturated heterocycles. The summed E-state index contributed by atoms with van der Waals surface area (Å²) in [6.07, 6.45) is 1.60. The third-order valence-electron chi connectivity index (χ3n) is 4.46. The number of hydrogen-bond donors (Lipinski definition) is 2. The van der Waals surface area contributed by atoms with Crippen LogP contribution < -0.4 is 15.5 Å². The van der Waals surface area contributed by atoms with Gasteiger partial charge in [0.05, 0.1) is 30.5 Å². The standard InChI is InChI=1S/C23H22N6O2.ClH.H2O/c24-10-12-25-22(30)18-3-1-17(2-4-18)21-9-11-26-23(28-21)27-19-5-7-20(8-6-19)29-13-15-31-16-14-29;;/h1-9,11H,12-16H2,(H,25,30)(H,26,27,28);1H;1H2/i13D2,14D2;;. The number of aromatic nitrogens is 2. The number of hydrogen-bond acceptors (Lipinski definition) is 7. The summed E-state index contributed by atoms with van der Waals surface area (Å²) in [4.78, 5) is 21.8. The van der Waals surface area contributed by atoms with Crippen LogP contribution in [0.4, 0.5) is 17.3 Å². The second-order valence-corrected chi connectivity index (χ2v) is 6.50. The molecule has 0 bridgehead atoms. The Morgan fingerprint density at radius 2 is 1.82 bits per heavy atom. The summed E-state index contributed by atoms with van der Waals surface area (Å²) < 4.78 is 37.6. The Kier molecular flexibility index (Phi) is 7.47. The smallest absolute Gasteiger partial charge is 0.252 e. The van der Waals surface area contributed by atoms with Gasteiger partial charge in [-0.3, -0.25) is 4.79 Å². The summed E-state index contributed by atoms with van der Waals surface area (Å²) >= 11 is 0. The van der Waals surface area contributed by atoms with Crippen molar-refractivity contribution in [3.05, 3.63) is 66.4 Å². The van der Waals surface area contributed by atoms with Gasteiger partial charge < -0.3 is 25.7 Å². The highest BCUT2D eigenvalue weighted by Gasteiger charge is 2.11. The van der Waals surface area contributed by atoms with E-state index in [2.05, 4.69) is 20.6 Å². The molecule has 0 radical (unpaired) electrons. The third kappa shape index (κ3) is 6.63.